The van der Waals surface area contributed by atoms with E-state index in [0.29, 0.717) is 5.92 Å². The molecule has 1 heterocycles. The van der Waals surface area contributed by atoms with Crippen LogP contribution in [0, 0.1) is 12.8 Å². The first-order chi connectivity index (χ1) is 9.15. The SMILES string of the molecule is CCC1CCCN(C(=O)c2ccc(C)cc2NC)C1. The molecule has 1 atom stereocenters. The van der Waals surface area contributed by atoms with Crippen molar-refractivity contribution in [2.24, 2.45) is 5.92 Å². The van der Waals surface area contributed by atoms with Gasteiger partial charge in [0.2, 0.25) is 0 Å². The number of hydrogen-bond donors (Lipinski definition) is 1. The predicted molar refractivity (Wildman–Crippen MR) is 79.6 cm³/mol. The minimum atomic E-state index is 0.169. The van der Waals surface area contributed by atoms with Crippen LogP contribution >= 0.6 is 0 Å². The Morgan fingerprint density at radius 3 is 2.95 bits per heavy atom. The molecular weight excluding hydrogens is 236 g/mol. The van der Waals surface area contributed by atoms with E-state index in [-0.39, 0.29) is 5.91 Å². The van der Waals surface area contributed by atoms with E-state index in [9.17, 15) is 4.79 Å². The Bertz CT molecular complexity index is 456. The highest BCUT2D eigenvalue weighted by molar-refractivity contribution is 5.99. The maximum absolute atomic E-state index is 12.6. The van der Waals surface area contributed by atoms with Gasteiger partial charge in [-0.2, -0.15) is 0 Å². The van der Waals surface area contributed by atoms with E-state index in [1.54, 1.807) is 0 Å². The Morgan fingerprint density at radius 1 is 1.47 bits per heavy atom. The van der Waals surface area contributed by atoms with Crippen LogP contribution < -0.4 is 5.32 Å². The lowest BCUT2D eigenvalue weighted by atomic mass is 9.95. The van der Waals surface area contributed by atoms with E-state index >= 15 is 0 Å². The molecule has 0 aromatic heterocycles. The van der Waals surface area contributed by atoms with E-state index in [4.69, 9.17) is 0 Å². The van der Waals surface area contributed by atoms with E-state index in [0.717, 1.165) is 37.2 Å². The van der Waals surface area contributed by atoms with Crippen LogP contribution in [-0.4, -0.2) is 30.9 Å². The summed E-state index contributed by atoms with van der Waals surface area (Å²) in [5.41, 5.74) is 2.90. The summed E-state index contributed by atoms with van der Waals surface area (Å²) in [7, 11) is 1.87. The normalized spacial score (nSPS) is 19.3. The summed E-state index contributed by atoms with van der Waals surface area (Å²) in [6.07, 6.45) is 3.55. The fraction of sp³-hybridized carbons (Fsp3) is 0.562. The number of carbonyl (C=O) groups excluding carboxylic acids is 1. The van der Waals surface area contributed by atoms with Crippen LogP contribution in [-0.2, 0) is 0 Å². The summed E-state index contributed by atoms with van der Waals surface area (Å²) in [6, 6.07) is 5.99. The van der Waals surface area contributed by atoms with Gasteiger partial charge in [0.15, 0.2) is 0 Å². The van der Waals surface area contributed by atoms with Gasteiger partial charge in [-0.15, -0.1) is 0 Å². The van der Waals surface area contributed by atoms with Gasteiger partial charge in [0.1, 0.15) is 0 Å². The molecule has 3 heteroatoms. The van der Waals surface area contributed by atoms with E-state index < -0.39 is 0 Å². The Hall–Kier alpha value is -1.51. The lowest BCUT2D eigenvalue weighted by Crippen LogP contribution is -2.40. The minimum Gasteiger partial charge on any atom is -0.387 e. The maximum atomic E-state index is 12.6. The summed E-state index contributed by atoms with van der Waals surface area (Å²) in [5, 5.41) is 3.13. The molecule has 0 aliphatic carbocycles. The largest absolute Gasteiger partial charge is 0.387 e. The molecule has 0 saturated carbocycles. The van der Waals surface area contributed by atoms with E-state index in [1.807, 2.05) is 37.1 Å². The number of hydrogen-bond acceptors (Lipinski definition) is 2. The molecule has 0 radical (unpaired) electrons. The van der Waals surface area contributed by atoms with Crippen molar-refractivity contribution in [1.82, 2.24) is 4.90 Å². The third kappa shape index (κ3) is 3.09. The van der Waals surface area contributed by atoms with Gasteiger partial charge in [0.25, 0.3) is 5.91 Å². The first-order valence-electron chi connectivity index (χ1n) is 7.23. The standard InChI is InChI=1S/C16H24N2O/c1-4-13-6-5-9-18(11-13)16(19)14-8-7-12(2)10-15(14)17-3/h7-8,10,13,17H,4-6,9,11H2,1-3H3. The highest BCUT2D eigenvalue weighted by atomic mass is 16.2. The molecule has 1 fully saturated rings. The van der Waals surface area contributed by atoms with Gasteiger partial charge in [0.05, 0.1) is 5.56 Å². The van der Waals surface area contributed by atoms with Crippen molar-refractivity contribution in [3.8, 4) is 0 Å². The van der Waals surface area contributed by atoms with E-state index in [2.05, 4.69) is 12.2 Å². The van der Waals surface area contributed by atoms with Crippen LogP contribution in [0.1, 0.15) is 42.1 Å². The van der Waals surface area contributed by atoms with Crippen LogP contribution in [0.25, 0.3) is 0 Å². The van der Waals surface area contributed by atoms with Crippen LogP contribution in [0.3, 0.4) is 0 Å². The van der Waals surface area contributed by atoms with Gasteiger partial charge < -0.3 is 10.2 Å². The molecule has 0 bridgehead atoms. The van der Waals surface area contributed by atoms with Crippen molar-refractivity contribution in [3.63, 3.8) is 0 Å². The molecule has 1 saturated heterocycles. The Labute approximate surface area is 116 Å². The van der Waals surface area contributed by atoms with Crippen LogP contribution in [0.2, 0.25) is 0 Å². The molecule has 0 spiro atoms. The highest BCUT2D eigenvalue weighted by Crippen LogP contribution is 2.24. The molecule has 104 valence electrons. The number of benzene rings is 1. The van der Waals surface area contributed by atoms with Gasteiger partial charge >= 0.3 is 0 Å². The molecule has 1 aromatic rings. The zero-order valence-electron chi connectivity index (χ0n) is 12.2. The Balaban J connectivity index is 2.19. The monoisotopic (exact) mass is 260 g/mol. The number of aryl methyl sites for hydroxylation is 1. The topological polar surface area (TPSA) is 32.3 Å². The molecule has 2 rings (SSSR count). The highest BCUT2D eigenvalue weighted by Gasteiger charge is 2.24. The molecular formula is C16H24N2O. The van der Waals surface area contributed by atoms with Crippen molar-refractivity contribution in [2.75, 3.05) is 25.5 Å². The maximum Gasteiger partial charge on any atom is 0.255 e. The summed E-state index contributed by atoms with van der Waals surface area (Å²) in [6.45, 7) is 6.06. The number of carbonyl (C=O) groups is 1. The average Bonchev–Trinajstić information content (AvgIpc) is 2.46. The second kappa shape index (κ2) is 6.09. The number of piperidine rings is 1. The lowest BCUT2D eigenvalue weighted by Gasteiger charge is -2.32. The number of likely N-dealkylation sites (tertiary alicyclic amines) is 1. The fourth-order valence-corrected chi connectivity index (χ4v) is 2.80. The molecule has 1 aliphatic rings. The van der Waals surface area contributed by atoms with Crippen molar-refractivity contribution in [2.45, 2.75) is 33.1 Å². The smallest absolute Gasteiger partial charge is 0.255 e. The first kappa shape index (κ1) is 13.9. The van der Waals surface area contributed by atoms with Crippen LogP contribution in [0.15, 0.2) is 18.2 Å². The second-order valence-electron chi connectivity index (χ2n) is 5.47. The van der Waals surface area contributed by atoms with Gasteiger partial charge in [-0.05, 0) is 43.4 Å². The Kier molecular flexibility index (Phi) is 4.46. The van der Waals surface area contributed by atoms with Crippen LogP contribution in [0.4, 0.5) is 5.69 Å². The summed E-state index contributed by atoms with van der Waals surface area (Å²) in [5.74, 6) is 0.837. The first-order valence-corrected chi connectivity index (χ1v) is 7.23. The number of amides is 1. The fourth-order valence-electron chi connectivity index (χ4n) is 2.80. The van der Waals surface area contributed by atoms with Gasteiger partial charge in [-0.3, -0.25) is 4.79 Å². The zero-order chi connectivity index (χ0) is 13.8. The number of nitrogens with zero attached hydrogens (tertiary/aromatic N) is 1. The van der Waals surface area contributed by atoms with Crippen molar-refractivity contribution < 1.29 is 4.79 Å². The number of nitrogens with one attached hydrogen (secondary N) is 1. The van der Waals surface area contributed by atoms with Gasteiger partial charge in [-0.25, -0.2) is 0 Å². The predicted octanol–water partition coefficient (Wildman–Crippen LogP) is 3.30. The Morgan fingerprint density at radius 2 is 2.26 bits per heavy atom. The summed E-state index contributed by atoms with van der Waals surface area (Å²) >= 11 is 0. The molecule has 19 heavy (non-hydrogen) atoms. The number of rotatable bonds is 3. The molecule has 1 amide bonds. The summed E-state index contributed by atoms with van der Waals surface area (Å²) in [4.78, 5) is 14.7. The summed E-state index contributed by atoms with van der Waals surface area (Å²) < 4.78 is 0. The molecule has 3 nitrogen and oxygen atoms in total. The van der Waals surface area contributed by atoms with Crippen molar-refractivity contribution >= 4 is 11.6 Å². The van der Waals surface area contributed by atoms with Crippen molar-refractivity contribution in [1.29, 1.82) is 0 Å². The third-order valence-electron chi connectivity index (χ3n) is 4.06. The van der Waals surface area contributed by atoms with Gasteiger partial charge in [0, 0.05) is 25.8 Å². The van der Waals surface area contributed by atoms with E-state index in [1.165, 1.54) is 12.0 Å². The molecule has 1 N–H and O–H groups in total. The second-order valence-corrected chi connectivity index (χ2v) is 5.47. The lowest BCUT2D eigenvalue weighted by molar-refractivity contribution is 0.0672. The quantitative estimate of drug-likeness (QED) is 0.904. The average molecular weight is 260 g/mol. The molecule has 1 unspecified atom stereocenters. The third-order valence-corrected chi connectivity index (χ3v) is 4.06. The zero-order valence-corrected chi connectivity index (χ0v) is 12.2. The minimum absolute atomic E-state index is 0.169. The van der Waals surface area contributed by atoms with Crippen molar-refractivity contribution in [3.05, 3.63) is 29.3 Å². The van der Waals surface area contributed by atoms with Gasteiger partial charge in [-0.1, -0.05) is 19.4 Å². The molecule has 1 aliphatic heterocycles. The molecule has 1 aromatic carbocycles. The van der Waals surface area contributed by atoms with Crippen LogP contribution in [0.5, 0.6) is 0 Å². The number of anilines is 1.